The third-order valence-corrected chi connectivity index (χ3v) is 2.64. The van der Waals surface area contributed by atoms with E-state index in [2.05, 4.69) is 10.6 Å². The van der Waals surface area contributed by atoms with Gasteiger partial charge in [0.25, 0.3) is 0 Å². The number of carbonyl (C=O) groups excluding carboxylic acids is 2. The molecule has 0 atom stereocenters. The summed E-state index contributed by atoms with van der Waals surface area (Å²) in [6.07, 6.45) is 0.840. The van der Waals surface area contributed by atoms with Crippen molar-refractivity contribution in [3.8, 4) is 0 Å². The molecule has 0 bridgehead atoms. The zero-order valence-electron chi connectivity index (χ0n) is 11.2. The average molecular weight is 286 g/mol. The van der Waals surface area contributed by atoms with Crippen molar-refractivity contribution in [2.75, 3.05) is 18.4 Å². The summed E-state index contributed by atoms with van der Waals surface area (Å²) in [5.74, 6) is -0.591. The zero-order valence-corrected chi connectivity index (χ0v) is 12.0. The number of amides is 2. The van der Waals surface area contributed by atoms with E-state index in [0.29, 0.717) is 0 Å². The van der Waals surface area contributed by atoms with Gasteiger partial charge in [-0.2, -0.15) is 0 Å². The Hall–Kier alpha value is -1.59. The number of benzene rings is 1. The molecule has 0 aliphatic carbocycles. The molecule has 0 aliphatic rings. The highest BCUT2D eigenvalue weighted by Crippen LogP contribution is 2.20. The number of hydrogen-bond donors (Lipinski definition) is 3. The minimum Gasteiger partial charge on any atom is -0.346 e. The van der Waals surface area contributed by atoms with Crippen LogP contribution in [-0.4, -0.2) is 24.9 Å². The molecule has 0 aromatic heterocycles. The molecule has 0 saturated heterocycles. The van der Waals surface area contributed by atoms with Gasteiger partial charge in [-0.05, 0) is 24.5 Å². The predicted molar refractivity (Wildman–Crippen MR) is 78.5 cm³/mol. The van der Waals surface area contributed by atoms with E-state index in [1.54, 1.807) is 0 Å². The topological polar surface area (TPSA) is 84.2 Å². The van der Waals surface area contributed by atoms with E-state index in [0.717, 1.165) is 23.2 Å². The highest BCUT2D eigenvalue weighted by Gasteiger charge is 2.09. The third-order valence-electron chi connectivity index (χ3n) is 2.64. The van der Waals surface area contributed by atoms with Crippen molar-refractivity contribution in [1.82, 2.24) is 5.32 Å². The minimum absolute atomic E-state index is 0. The normalized spacial score (nSPS) is 9.42. The first-order chi connectivity index (χ1) is 8.58. The van der Waals surface area contributed by atoms with Gasteiger partial charge < -0.3 is 16.4 Å². The van der Waals surface area contributed by atoms with Crippen molar-refractivity contribution in [2.24, 2.45) is 5.73 Å². The number of halogens is 1. The Labute approximate surface area is 119 Å². The molecule has 0 radical (unpaired) electrons. The summed E-state index contributed by atoms with van der Waals surface area (Å²) in [6.45, 7) is 3.79. The molecule has 19 heavy (non-hydrogen) atoms. The van der Waals surface area contributed by atoms with Gasteiger partial charge in [-0.15, -0.1) is 12.4 Å². The van der Waals surface area contributed by atoms with Gasteiger partial charge in [-0.25, -0.2) is 0 Å². The molecule has 1 rings (SSSR count). The van der Waals surface area contributed by atoms with E-state index in [1.807, 2.05) is 32.0 Å². The van der Waals surface area contributed by atoms with E-state index >= 15 is 0 Å². The fourth-order valence-electron chi connectivity index (χ4n) is 1.64. The van der Waals surface area contributed by atoms with Crippen LogP contribution in [0.15, 0.2) is 18.2 Å². The number of rotatable bonds is 5. The van der Waals surface area contributed by atoms with Crippen molar-refractivity contribution in [1.29, 1.82) is 0 Å². The standard InChI is InChI=1S/C13H19N3O2.ClH/c1-3-10-6-4-5-9(2)13(10)16-12(18)8-15-11(17)7-14;/h4-6H,3,7-8,14H2,1-2H3,(H,15,17)(H,16,18);1H. The molecule has 106 valence electrons. The van der Waals surface area contributed by atoms with E-state index in [9.17, 15) is 9.59 Å². The highest BCUT2D eigenvalue weighted by molar-refractivity contribution is 5.95. The molecule has 0 saturated carbocycles. The summed E-state index contributed by atoms with van der Waals surface area (Å²) in [7, 11) is 0. The number of nitrogens with two attached hydrogens (primary N) is 1. The minimum atomic E-state index is -0.342. The molecule has 1 aromatic carbocycles. The van der Waals surface area contributed by atoms with E-state index in [1.165, 1.54) is 0 Å². The Kier molecular flexibility index (Phi) is 7.79. The lowest BCUT2D eigenvalue weighted by Gasteiger charge is -2.13. The van der Waals surface area contributed by atoms with Crippen molar-refractivity contribution in [2.45, 2.75) is 20.3 Å². The lowest BCUT2D eigenvalue weighted by molar-refractivity contribution is -0.123. The monoisotopic (exact) mass is 285 g/mol. The van der Waals surface area contributed by atoms with Crippen LogP contribution in [-0.2, 0) is 16.0 Å². The number of carbonyl (C=O) groups is 2. The number of anilines is 1. The molecule has 4 N–H and O–H groups in total. The third kappa shape index (κ3) is 5.28. The molecular formula is C13H20ClN3O2. The zero-order chi connectivity index (χ0) is 13.5. The maximum absolute atomic E-state index is 11.7. The first-order valence-corrected chi connectivity index (χ1v) is 5.93. The van der Waals surface area contributed by atoms with Gasteiger partial charge in [-0.3, -0.25) is 9.59 Å². The first kappa shape index (κ1) is 17.4. The second-order valence-electron chi connectivity index (χ2n) is 3.99. The maximum atomic E-state index is 11.7. The Morgan fingerprint density at radius 1 is 1.26 bits per heavy atom. The van der Waals surface area contributed by atoms with Gasteiger partial charge in [0.2, 0.25) is 11.8 Å². The molecule has 1 aromatic rings. The fraction of sp³-hybridized carbons (Fsp3) is 0.385. The lowest BCUT2D eigenvalue weighted by Crippen LogP contribution is -2.36. The molecule has 2 amide bonds. The van der Waals surface area contributed by atoms with Gasteiger partial charge in [0.15, 0.2) is 0 Å². The largest absolute Gasteiger partial charge is 0.346 e. The van der Waals surface area contributed by atoms with Gasteiger partial charge >= 0.3 is 0 Å². The van der Waals surface area contributed by atoms with E-state index in [4.69, 9.17) is 5.73 Å². The summed E-state index contributed by atoms with van der Waals surface area (Å²) in [5.41, 5.74) is 8.05. The summed E-state index contributed by atoms with van der Waals surface area (Å²) in [5, 5.41) is 5.25. The van der Waals surface area contributed by atoms with Crippen LogP contribution in [0.4, 0.5) is 5.69 Å². The van der Waals surface area contributed by atoms with Crippen molar-refractivity contribution in [3.05, 3.63) is 29.3 Å². The van der Waals surface area contributed by atoms with Crippen LogP contribution >= 0.6 is 12.4 Å². The van der Waals surface area contributed by atoms with Gasteiger partial charge in [0, 0.05) is 5.69 Å². The highest BCUT2D eigenvalue weighted by atomic mass is 35.5. The molecular weight excluding hydrogens is 266 g/mol. The van der Waals surface area contributed by atoms with Crippen LogP contribution in [0.3, 0.4) is 0 Å². The van der Waals surface area contributed by atoms with Crippen LogP contribution in [0.5, 0.6) is 0 Å². The molecule has 5 nitrogen and oxygen atoms in total. The van der Waals surface area contributed by atoms with Crippen molar-refractivity contribution < 1.29 is 9.59 Å². The SMILES string of the molecule is CCc1cccc(C)c1NC(=O)CNC(=O)CN.Cl. The fourth-order valence-corrected chi connectivity index (χ4v) is 1.64. The smallest absolute Gasteiger partial charge is 0.243 e. The quantitative estimate of drug-likeness (QED) is 0.754. The molecule has 0 heterocycles. The summed E-state index contributed by atoms with van der Waals surface area (Å²) in [4.78, 5) is 22.6. The van der Waals surface area contributed by atoms with Crippen LogP contribution in [0.25, 0.3) is 0 Å². The average Bonchev–Trinajstić information content (AvgIpc) is 2.38. The Morgan fingerprint density at radius 2 is 1.95 bits per heavy atom. The maximum Gasteiger partial charge on any atom is 0.243 e. The van der Waals surface area contributed by atoms with Crippen LogP contribution in [0, 0.1) is 6.92 Å². The second-order valence-corrected chi connectivity index (χ2v) is 3.99. The van der Waals surface area contributed by atoms with Gasteiger partial charge in [0.05, 0.1) is 13.1 Å². The second kappa shape index (κ2) is 8.50. The number of para-hydroxylation sites is 1. The molecule has 0 unspecified atom stereocenters. The summed E-state index contributed by atoms with van der Waals surface area (Å²) < 4.78 is 0. The molecule has 0 aliphatic heterocycles. The van der Waals surface area contributed by atoms with Gasteiger partial charge in [0.1, 0.15) is 0 Å². The van der Waals surface area contributed by atoms with Crippen LogP contribution < -0.4 is 16.4 Å². The first-order valence-electron chi connectivity index (χ1n) is 5.93. The van der Waals surface area contributed by atoms with Crippen molar-refractivity contribution >= 4 is 29.9 Å². The predicted octanol–water partition coefficient (Wildman–Crippen LogP) is 0.993. The number of hydrogen-bond acceptors (Lipinski definition) is 3. The molecule has 0 spiro atoms. The Morgan fingerprint density at radius 3 is 2.53 bits per heavy atom. The summed E-state index contributed by atoms with van der Waals surface area (Å²) in [6, 6.07) is 5.87. The molecule has 0 fully saturated rings. The molecule has 6 heteroatoms. The van der Waals surface area contributed by atoms with Crippen LogP contribution in [0.1, 0.15) is 18.1 Å². The van der Waals surface area contributed by atoms with E-state index < -0.39 is 0 Å². The lowest BCUT2D eigenvalue weighted by atomic mass is 10.1. The van der Waals surface area contributed by atoms with Crippen molar-refractivity contribution in [3.63, 3.8) is 0 Å². The van der Waals surface area contributed by atoms with E-state index in [-0.39, 0.29) is 37.3 Å². The summed E-state index contributed by atoms with van der Waals surface area (Å²) >= 11 is 0. The van der Waals surface area contributed by atoms with Crippen LogP contribution in [0.2, 0.25) is 0 Å². The number of nitrogens with one attached hydrogen (secondary N) is 2. The van der Waals surface area contributed by atoms with Gasteiger partial charge in [-0.1, -0.05) is 25.1 Å². The number of aryl methyl sites for hydroxylation is 2. The Balaban J connectivity index is 0.00000324. The Bertz CT molecular complexity index is 450.